The van der Waals surface area contributed by atoms with E-state index in [4.69, 9.17) is 28.3 Å². The van der Waals surface area contributed by atoms with E-state index in [2.05, 4.69) is 4.98 Å². The molecule has 2 rings (SSSR count). The quantitative estimate of drug-likeness (QED) is 0.508. The highest BCUT2D eigenvalue weighted by Crippen LogP contribution is 2.38. The van der Waals surface area contributed by atoms with Gasteiger partial charge in [-0.25, -0.2) is 4.98 Å². The first-order valence-corrected chi connectivity index (χ1v) is 6.25. The predicted molar refractivity (Wildman–Crippen MR) is 79.0 cm³/mol. The number of aliphatic hydroxyl groups is 1. The number of rotatable bonds is 4. The highest BCUT2D eigenvalue weighted by molar-refractivity contribution is 6.44. The van der Waals surface area contributed by atoms with Crippen LogP contribution in [0, 0.1) is 10.1 Å². The number of nitro benzene ring substituents is 1. The number of phenols is 1. The third-order valence-electron chi connectivity index (χ3n) is 2.63. The summed E-state index contributed by atoms with van der Waals surface area (Å²) in [6.45, 7) is -0.263. The highest BCUT2D eigenvalue weighted by Gasteiger charge is 2.23. The lowest BCUT2D eigenvalue weighted by Gasteiger charge is -2.09. The molecule has 114 valence electrons. The largest absolute Gasteiger partial charge is 0.505 e. The summed E-state index contributed by atoms with van der Waals surface area (Å²) in [4.78, 5) is 13.0. The lowest BCUT2D eigenvalue weighted by atomic mass is 10.1. The molecule has 0 aliphatic rings. The molecule has 7 nitrogen and oxygen atoms in total. The molecule has 0 fully saturated rings. The van der Waals surface area contributed by atoms with Crippen LogP contribution in [0.25, 0.3) is 5.69 Å². The lowest BCUT2D eigenvalue weighted by Crippen LogP contribution is -1.99. The van der Waals surface area contributed by atoms with Crippen LogP contribution >= 0.6 is 23.2 Å². The second kappa shape index (κ2) is 6.75. The van der Waals surface area contributed by atoms with Gasteiger partial charge in [-0.3, -0.25) is 10.1 Å². The number of nitro groups is 1. The normalized spacial score (nSPS) is 10.5. The Balaban J connectivity index is 0.00000220. The number of hydrogen-bond donors (Lipinski definition) is 2. The van der Waals surface area contributed by atoms with E-state index in [-0.39, 0.29) is 36.7 Å². The molecule has 0 unspecified atom stereocenters. The van der Waals surface area contributed by atoms with E-state index in [9.17, 15) is 15.2 Å². The Morgan fingerprint density at radius 3 is 2.57 bits per heavy atom. The summed E-state index contributed by atoms with van der Waals surface area (Å²) in [5.41, 5.74) is 0.302. The topological polar surface area (TPSA) is 101 Å². The van der Waals surface area contributed by atoms with Crippen LogP contribution in [0.2, 0.25) is 0 Å². The maximum Gasteiger partial charge on any atom is 0.279 e. The molecular formula is C12H13Cl2N3O4. The minimum atomic E-state index is -1.12. The number of phenolic OH excluding ortho intramolecular Hbond substituents is 1. The Labute approximate surface area is 130 Å². The van der Waals surface area contributed by atoms with Crippen molar-refractivity contribution in [3.05, 3.63) is 46.0 Å². The molecule has 1 aromatic carbocycles. The van der Waals surface area contributed by atoms with Gasteiger partial charge in [0, 0.05) is 6.20 Å². The summed E-state index contributed by atoms with van der Waals surface area (Å²) in [6, 6.07) is 2.28. The van der Waals surface area contributed by atoms with Crippen molar-refractivity contribution in [2.75, 3.05) is 0 Å². The number of hydrogen-bond acceptors (Lipinski definition) is 5. The fraction of sp³-hybridized carbons (Fsp3) is 0.250. The van der Waals surface area contributed by atoms with Gasteiger partial charge in [-0.2, -0.15) is 0 Å². The van der Waals surface area contributed by atoms with Crippen molar-refractivity contribution in [1.82, 2.24) is 9.55 Å². The Morgan fingerprint density at radius 1 is 1.43 bits per heavy atom. The number of aliphatic hydroxyl groups excluding tert-OH is 1. The van der Waals surface area contributed by atoms with Gasteiger partial charge in [-0.05, 0) is 6.07 Å². The standard InChI is InChI=1S/C11H9Cl2N3O4.CH4/c12-11(13)7-1-9(10(18)2-8(7)16(19)20)15-3-6(4-17)14-5-15;/h1-3,5,11,17-18H,4H2;1H4. The minimum absolute atomic E-state index is 0. The van der Waals surface area contributed by atoms with Crippen molar-refractivity contribution in [2.45, 2.75) is 18.9 Å². The zero-order valence-corrected chi connectivity index (χ0v) is 11.4. The van der Waals surface area contributed by atoms with Gasteiger partial charge in [0.15, 0.2) is 0 Å². The summed E-state index contributed by atoms with van der Waals surface area (Å²) >= 11 is 11.4. The summed E-state index contributed by atoms with van der Waals surface area (Å²) in [5.74, 6) is -0.323. The van der Waals surface area contributed by atoms with E-state index in [1.54, 1.807) is 0 Å². The van der Waals surface area contributed by atoms with E-state index < -0.39 is 9.76 Å². The number of benzene rings is 1. The molecule has 1 heterocycles. The first-order valence-electron chi connectivity index (χ1n) is 5.37. The second-order valence-corrected chi connectivity index (χ2v) is 4.98. The number of aromatic nitrogens is 2. The molecule has 0 saturated carbocycles. The van der Waals surface area contributed by atoms with E-state index in [1.807, 2.05) is 0 Å². The first kappa shape index (κ1) is 17.2. The maximum atomic E-state index is 10.9. The molecular weight excluding hydrogens is 321 g/mol. The first-order chi connectivity index (χ1) is 9.43. The third-order valence-corrected chi connectivity index (χ3v) is 3.10. The van der Waals surface area contributed by atoms with E-state index in [0.717, 1.165) is 6.07 Å². The van der Waals surface area contributed by atoms with Crippen molar-refractivity contribution < 1.29 is 15.1 Å². The summed E-state index contributed by atoms with van der Waals surface area (Å²) in [5, 5.41) is 29.7. The Hall–Kier alpha value is -1.83. The number of halogens is 2. The van der Waals surface area contributed by atoms with Crippen LogP contribution in [0.1, 0.15) is 23.5 Å². The molecule has 0 aliphatic carbocycles. The van der Waals surface area contributed by atoms with Crippen molar-refractivity contribution in [3.63, 3.8) is 0 Å². The average molecular weight is 334 g/mol. The smallest absolute Gasteiger partial charge is 0.279 e. The summed E-state index contributed by atoms with van der Waals surface area (Å²) < 4.78 is 1.41. The molecule has 0 radical (unpaired) electrons. The number of imidazole rings is 1. The van der Waals surface area contributed by atoms with Crippen LogP contribution in [0.4, 0.5) is 5.69 Å². The lowest BCUT2D eigenvalue weighted by molar-refractivity contribution is -0.385. The fourth-order valence-electron chi connectivity index (χ4n) is 1.70. The predicted octanol–water partition coefficient (Wildman–Crippen LogP) is 3.09. The molecule has 0 aliphatic heterocycles. The molecule has 2 N–H and O–H groups in total. The zero-order valence-electron chi connectivity index (χ0n) is 9.90. The molecule has 0 bridgehead atoms. The van der Waals surface area contributed by atoms with E-state index >= 15 is 0 Å². The van der Waals surface area contributed by atoms with E-state index in [0.29, 0.717) is 5.69 Å². The van der Waals surface area contributed by atoms with Crippen molar-refractivity contribution >= 4 is 28.9 Å². The average Bonchev–Trinajstić information content (AvgIpc) is 2.86. The Kier molecular flexibility index (Phi) is 5.54. The fourth-order valence-corrected chi connectivity index (χ4v) is 2.05. The molecule has 0 spiro atoms. The molecule has 0 saturated heterocycles. The van der Waals surface area contributed by atoms with Crippen molar-refractivity contribution in [2.24, 2.45) is 0 Å². The van der Waals surface area contributed by atoms with Gasteiger partial charge in [-0.15, -0.1) is 0 Å². The number of nitrogens with zero attached hydrogens (tertiary/aromatic N) is 3. The highest BCUT2D eigenvalue weighted by atomic mass is 35.5. The zero-order chi connectivity index (χ0) is 14.9. The Bertz CT molecular complexity index is 658. The number of alkyl halides is 2. The van der Waals surface area contributed by atoms with Gasteiger partial charge in [-0.1, -0.05) is 30.6 Å². The Morgan fingerprint density at radius 2 is 2.10 bits per heavy atom. The molecule has 0 amide bonds. The maximum absolute atomic E-state index is 10.9. The minimum Gasteiger partial charge on any atom is -0.505 e. The van der Waals surface area contributed by atoms with Gasteiger partial charge >= 0.3 is 0 Å². The van der Waals surface area contributed by atoms with Crippen molar-refractivity contribution in [1.29, 1.82) is 0 Å². The molecule has 9 heteroatoms. The van der Waals surface area contributed by atoms with Crippen LogP contribution in [-0.2, 0) is 6.61 Å². The van der Waals surface area contributed by atoms with Crippen LogP contribution in [0.3, 0.4) is 0 Å². The molecule has 21 heavy (non-hydrogen) atoms. The summed E-state index contributed by atoms with van der Waals surface area (Å²) in [6.07, 6.45) is 2.83. The monoisotopic (exact) mass is 333 g/mol. The van der Waals surface area contributed by atoms with Crippen LogP contribution in [0.5, 0.6) is 5.75 Å². The SMILES string of the molecule is C.O=[N+]([O-])c1cc(O)c(-n2cnc(CO)c2)cc1C(Cl)Cl. The molecule has 2 aromatic rings. The second-order valence-electron chi connectivity index (χ2n) is 3.89. The van der Waals surface area contributed by atoms with Crippen molar-refractivity contribution in [3.8, 4) is 11.4 Å². The van der Waals surface area contributed by atoms with Gasteiger partial charge in [0.25, 0.3) is 5.69 Å². The molecule has 0 atom stereocenters. The van der Waals surface area contributed by atoms with Crippen LogP contribution < -0.4 is 0 Å². The summed E-state index contributed by atoms with van der Waals surface area (Å²) in [7, 11) is 0. The van der Waals surface area contributed by atoms with Gasteiger partial charge < -0.3 is 14.8 Å². The van der Waals surface area contributed by atoms with Gasteiger partial charge in [0.2, 0.25) is 0 Å². The van der Waals surface area contributed by atoms with Gasteiger partial charge in [0.1, 0.15) is 10.6 Å². The third kappa shape index (κ3) is 3.44. The van der Waals surface area contributed by atoms with Crippen LogP contribution in [-0.4, -0.2) is 24.7 Å². The van der Waals surface area contributed by atoms with Crippen LogP contribution in [0.15, 0.2) is 24.7 Å². The van der Waals surface area contributed by atoms with Gasteiger partial charge in [0.05, 0.1) is 40.9 Å². The number of aromatic hydroxyl groups is 1. The molecule has 1 aromatic heterocycles. The van der Waals surface area contributed by atoms with E-state index in [1.165, 1.54) is 23.2 Å².